The van der Waals surface area contributed by atoms with Crippen LogP contribution in [0.1, 0.15) is 40.0 Å². The summed E-state index contributed by atoms with van der Waals surface area (Å²) in [6.07, 6.45) is -1.74. The van der Waals surface area contributed by atoms with E-state index in [0.717, 1.165) is 17.0 Å². The first kappa shape index (κ1) is 22.7. The molecule has 169 valence electrons. The standard InChI is InChI=1S/C25H16F3N4O2/c1-15-21(23(33)18-4-3-11-30-14-18)22(17-9-7-16(13-29)8-10-17)31-24(34)32(15)20-6-2-5-19(12-20)25(26,27)28/h2-12,14,22H,1H3. The zero-order valence-electron chi connectivity index (χ0n) is 17.7. The van der Waals surface area contributed by atoms with Crippen molar-refractivity contribution in [1.29, 1.82) is 5.26 Å². The SMILES string of the molecule is CC1=C(C(=O)c2cccnc2)C(c2ccc(C#N)cc2)[N]C(=O)N1c1cccc(C(F)(F)F)c1. The van der Waals surface area contributed by atoms with E-state index < -0.39 is 29.6 Å². The zero-order valence-corrected chi connectivity index (χ0v) is 17.7. The second-order valence-corrected chi connectivity index (χ2v) is 7.50. The number of pyridine rings is 1. The molecule has 1 radical (unpaired) electrons. The van der Waals surface area contributed by atoms with Gasteiger partial charge in [-0.2, -0.15) is 18.4 Å². The smallest absolute Gasteiger partial charge is 0.289 e. The molecule has 1 aliphatic heterocycles. The monoisotopic (exact) mass is 461 g/mol. The van der Waals surface area contributed by atoms with Gasteiger partial charge < -0.3 is 0 Å². The van der Waals surface area contributed by atoms with Crippen LogP contribution in [0.5, 0.6) is 0 Å². The molecule has 0 saturated heterocycles. The molecular weight excluding hydrogens is 445 g/mol. The summed E-state index contributed by atoms with van der Waals surface area (Å²) in [6.45, 7) is 1.49. The van der Waals surface area contributed by atoms with Crippen molar-refractivity contribution in [3.63, 3.8) is 0 Å². The lowest BCUT2D eigenvalue weighted by molar-refractivity contribution is -0.137. The van der Waals surface area contributed by atoms with Crippen molar-refractivity contribution in [2.24, 2.45) is 0 Å². The third-order valence-electron chi connectivity index (χ3n) is 5.39. The van der Waals surface area contributed by atoms with Crippen molar-refractivity contribution >= 4 is 17.5 Å². The van der Waals surface area contributed by atoms with Gasteiger partial charge in [-0.1, -0.05) is 18.2 Å². The van der Waals surface area contributed by atoms with Crippen LogP contribution in [0.25, 0.3) is 0 Å². The van der Waals surface area contributed by atoms with Gasteiger partial charge in [0.1, 0.15) is 6.04 Å². The van der Waals surface area contributed by atoms with Gasteiger partial charge in [0, 0.05) is 29.2 Å². The van der Waals surface area contributed by atoms with E-state index in [1.165, 1.54) is 43.6 Å². The van der Waals surface area contributed by atoms with Crippen LogP contribution in [0.15, 0.2) is 84.3 Å². The number of rotatable bonds is 4. The predicted octanol–water partition coefficient (Wildman–Crippen LogP) is 5.41. The van der Waals surface area contributed by atoms with Gasteiger partial charge in [-0.15, -0.1) is 0 Å². The molecule has 0 aliphatic carbocycles. The highest BCUT2D eigenvalue weighted by molar-refractivity contribution is 6.13. The Labute approximate surface area is 193 Å². The summed E-state index contributed by atoms with van der Waals surface area (Å²) in [4.78, 5) is 31.5. The highest BCUT2D eigenvalue weighted by Crippen LogP contribution is 2.38. The molecule has 6 nitrogen and oxygen atoms in total. The average molecular weight is 461 g/mol. The third-order valence-corrected chi connectivity index (χ3v) is 5.39. The number of urea groups is 1. The van der Waals surface area contributed by atoms with Crippen molar-refractivity contribution in [2.75, 3.05) is 4.90 Å². The number of carbonyl (C=O) groups excluding carboxylic acids is 2. The normalized spacial score (nSPS) is 16.1. The Kier molecular flexibility index (Phi) is 5.90. The third kappa shape index (κ3) is 4.26. The first-order chi connectivity index (χ1) is 16.2. The van der Waals surface area contributed by atoms with Crippen LogP contribution in [-0.4, -0.2) is 16.8 Å². The Morgan fingerprint density at radius 2 is 1.82 bits per heavy atom. The Bertz CT molecular complexity index is 1330. The number of alkyl halides is 3. The fourth-order valence-electron chi connectivity index (χ4n) is 3.74. The molecule has 34 heavy (non-hydrogen) atoms. The van der Waals surface area contributed by atoms with Crippen LogP contribution in [0.4, 0.5) is 23.7 Å². The molecule has 2 aromatic carbocycles. The number of nitriles is 1. The van der Waals surface area contributed by atoms with E-state index in [1.807, 2.05) is 6.07 Å². The molecule has 1 aromatic heterocycles. The van der Waals surface area contributed by atoms with Gasteiger partial charge in [-0.05, 0) is 55.0 Å². The molecule has 1 aliphatic rings. The van der Waals surface area contributed by atoms with E-state index in [-0.39, 0.29) is 22.5 Å². The summed E-state index contributed by atoms with van der Waals surface area (Å²) < 4.78 is 39.8. The molecule has 2 heterocycles. The molecule has 4 rings (SSSR count). The molecule has 0 N–H and O–H groups in total. The van der Waals surface area contributed by atoms with Crippen molar-refractivity contribution in [3.05, 3.63) is 107 Å². The molecule has 3 aromatic rings. The maximum Gasteiger partial charge on any atom is 0.416 e. The average Bonchev–Trinajstić information content (AvgIpc) is 2.83. The number of hydrogen-bond acceptors (Lipinski definition) is 4. The molecule has 0 fully saturated rings. The molecule has 0 bridgehead atoms. The van der Waals surface area contributed by atoms with Crippen molar-refractivity contribution in [2.45, 2.75) is 19.1 Å². The lowest BCUT2D eigenvalue weighted by Crippen LogP contribution is -2.44. The van der Waals surface area contributed by atoms with Crippen LogP contribution in [0.2, 0.25) is 0 Å². The maximum absolute atomic E-state index is 13.5. The number of anilines is 1. The molecule has 2 amide bonds. The fraction of sp³-hybridized carbons (Fsp3) is 0.120. The van der Waals surface area contributed by atoms with Gasteiger partial charge in [-0.25, -0.2) is 10.1 Å². The van der Waals surface area contributed by atoms with Crippen molar-refractivity contribution < 1.29 is 22.8 Å². The summed E-state index contributed by atoms with van der Waals surface area (Å²) in [7, 11) is 0. The number of halogens is 3. The fourth-order valence-corrected chi connectivity index (χ4v) is 3.74. The number of aromatic nitrogens is 1. The van der Waals surface area contributed by atoms with Gasteiger partial charge in [-0.3, -0.25) is 14.7 Å². The lowest BCUT2D eigenvalue weighted by atomic mass is 9.89. The largest absolute Gasteiger partial charge is 0.416 e. The first-order valence-corrected chi connectivity index (χ1v) is 10.1. The van der Waals surface area contributed by atoms with Crippen LogP contribution in [0, 0.1) is 11.3 Å². The topological polar surface area (TPSA) is 88.2 Å². The minimum atomic E-state index is -4.61. The predicted molar refractivity (Wildman–Crippen MR) is 117 cm³/mol. The van der Waals surface area contributed by atoms with Gasteiger partial charge in [0.25, 0.3) is 0 Å². The molecule has 1 unspecified atom stereocenters. The summed E-state index contributed by atoms with van der Waals surface area (Å²) in [5.41, 5.74) is 0.400. The molecule has 1 atom stereocenters. The minimum Gasteiger partial charge on any atom is -0.289 e. The molecule has 0 spiro atoms. The van der Waals surface area contributed by atoms with Crippen LogP contribution in [0.3, 0.4) is 0 Å². The number of nitrogens with zero attached hydrogens (tertiary/aromatic N) is 4. The van der Waals surface area contributed by atoms with E-state index in [1.54, 1.807) is 24.3 Å². The number of benzene rings is 2. The number of amides is 2. The maximum atomic E-state index is 13.5. The van der Waals surface area contributed by atoms with E-state index in [4.69, 9.17) is 5.26 Å². The Morgan fingerprint density at radius 1 is 1.09 bits per heavy atom. The quantitative estimate of drug-likeness (QED) is 0.486. The minimum absolute atomic E-state index is 0.0594. The molecule has 9 heteroatoms. The molecule has 0 saturated carbocycles. The lowest BCUT2D eigenvalue weighted by Gasteiger charge is -2.34. The second-order valence-electron chi connectivity index (χ2n) is 7.50. The van der Waals surface area contributed by atoms with E-state index in [0.29, 0.717) is 11.1 Å². The summed E-state index contributed by atoms with van der Waals surface area (Å²) in [5, 5.41) is 13.2. The van der Waals surface area contributed by atoms with Gasteiger partial charge in [0.05, 0.1) is 22.9 Å². The first-order valence-electron chi connectivity index (χ1n) is 10.1. The summed E-state index contributed by atoms with van der Waals surface area (Å²) >= 11 is 0. The Hall–Kier alpha value is -4.45. The van der Waals surface area contributed by atoms with Crippen molar-refractivity contribution in [1.82, 2.24) is 10.3 Å². The highest BCUT2D eigenvalue weighted by atomic mass is 19.4. The summed E-state index contributed by atoms with van der Waals surface area (Å²) in [5.74, 6) is -0.465. The highest BCUT2D eigenvalue weighted by Gasteiger charge is 2.39. The number of allylic oxidation sites excluding steroid dienone is 1. The van der Waals surface area contributed by atoms with E-state index in [9.17, 15) is 22.8 Å². The zero-order chi connectivity index (χ0) is 24.5. The summed E-state index contributed by atoms with van der Waals surface area (Å²) in [6, 6.07) is 13.8. The number of carbonyl (C=O) groups is 2. The van der Waals surface area contributed by atoms with Crippen molar-refractivity contribution in [3.8, 4) is 6.07 Å². The second kappa shape index (κ2) is 8.83. The van der Waals surface area contributed by atoms with Crippen LogP contribution in [-0.2, 0) is 6.18 Å². The number of Topliss-reactive ketones (excluding diaryl/α,β-unsaturated/α-hetero) is 1. The van der Waals surface area contributed by atoms with Gasteiger partial charge in [0.2, 0.25) is 0 Å². The van der Waals surface area contributed by atoms with Gasteiger partial charge >= 0.3 is 12.2 Å². The molecular formula is C25H16F3N4O2. The number of ketones is 1. The van der Waals surface area contributed by atoms with Crippen LogP contribution >= 0.6 is 0 Å². The Morgan fingerprint density at radius 3 is 2.44 bits per heavy atom. The number of hydrogen-bond donors (Lipinski definition) is 0. The van der Waals surface area contributed by atoms with Crippen LogP contribution < -0.4 is 10.2 Å². The van der Waals surface area contributed by atoms with E-state index >= 15 is 0 Å². The van der Waals surface area contributed by atoms with E-state index in [2.05, 4.69) is 10.3 Å². The Balaban J connectivity index is 1.88. The van der Waals surface area contributed by atoms with Gasteiger partial charge in [0.15, 0.2) is 5.78 Å².